The lowest BCUT2D eigenvalue weighted by Crippen LogP contribution is -2.01. The van der Waals surface area contributed by atoms with Gasteiger partial charge in [0.1, 0.15) is 18.1 Å². The Kier molecular flexibility index (Phi) is 3.69. The van der Waals surface area contributed by atoms with Crippen LogP contribution in [0.1, 0.15) is 0 Å². The minimum Gasteiger partial charge on any atom is -0.507 e. The predicted octanol–water partition coefficient (Wildman–Crippen LogP) is 2.01. The molecule has 2 aromatic rings. The lowest BCUT2D eigenvalue weighted by atomic mass is 10.0. The molecule has 2 rings (SSSR count). The fourth-order valence-electron chi connectivity index (χ4n) is 1.68. The summed E-state index contributed by atoms with van der Waals surface area (Å²) in [6.07, 6.45) is 0. The number of nitrogens with two attached hydrogens (primary N) is 1. The Morgan fingerprint density at radius 3 is 2.44 bits per heavy atom. The van der Waals surface area contributed by atoms with Crippen LogP contribution in [0.2, 0.25) is 0 Å². The monoisotopic (exact) mass is 245 g/mol. The molecule has 4 nitrogen and oxygen atoms in total. The van der Waals surface area contributed by atoms with Crippen LogP contribution in [-0.2, 0) is 0 Å². The molecule has 0 saturated heterocycles. The second-order valence-electron chi connectivity index (χ2n) is 3.87. The molecular weight excluding hydrogens is 230 g/mol. The number of aliphatic hydroxyl groups is 1. The summed E-state index contributed by atoms with van der Waals surface area (Å²) in [6, 6.07) is 12.2. The quantitative estimate of drug-likeness (QED) is 0.569. The van der Waals surface area contributed by atoms with E-state index in [-0.39, 0.29) is 19.0 Å². The molecule has 0 aliphatic carbocycles. The molecular formula is C14H15NO3. The van der Waals surface area contributed by atoms with Gasteiger partial charge in [-0.05, 0) is 35.9 Å². The summed E-state index contributed by atoms with van der Waals surface area (Å²) in [5, 5.41) is 18.4. The molecule has 0 saturated carbocycles. The third-order valence-corrected chi connectivity index (χ3v) is 2.55. The number of aromatic hydroxyl groups is 1. The first-order valence-electron chi connectivity index (χ1n) is 5.63. The number of phenolic OH excluding ortho intramolecular Hbond substituents is 1. The average molecular weight is 245 g/mol. The third kappa shape index (κ3) is 2.73. The Bertz CT molecular complexity index is 523. The van der Waals surface area contributed by atoms with E-state index in [4.69, 9.17) is 15.6 Å². The summed E-state index contributed by atoms with van der Waals surface area (Å²) < 4.78 is 5.26. The van der Waals surface area contributed by atoms with Crippen LogP contribution in [-0.4, -0.2) is 23.4 Å². The van der Waals surface area contributed by atoms with Gasteiger partial charge in [-0.2, -0.15) is 0 Å². The average Bonchev–Trinajstić information content (AvgIpc) is 2.40. The van der Waals surface area contributed by atoms with Crippen molar-refractivity contribution in [3.8, 4) is 22.6 Å². The van der Waals surface area contributed by atoms with Crippen molar-refractivity contribution in [1.82, 2.24) is 0 Å². The van der Waals surface area contributed by atoms with E-state index in [0.717, 1.165) is 5.56 Å². The Labute approximate surface area is 105 Å². The maximum absolute atomic E-state index is 9.78. The molecule has 0 aliphatic rings. The predicted molar refractivity (Wildman–Crippen MR) is 70.5 cm³/mol. The van der Waals surface area contributed by atoms with Gasteiger partial charge in [0.2, 0.25) is 0 Å². The molecule has 94 valence electrons. The highest BCUT2D eigenvalue weighted by Crippen LogP contribution is 2.31. The normalized spacial score (nSPS) is 10.3. The summed E-state index contributed by atoms with van der Waals surface area (Å²) in [7, 11) is 0. The number of benzene rings is 2. The van der Waals surface area contributed by atoms with Crippen LogP contribution >= 0.6 is 0 Å². The number of anilines is 1. The highest BCUT2D eigenvalue weighted by molar-refractivity contribution is 5.73. The van der Waals surface area contributed by atoms with Gasteiger partial charge in [-0.15, -0.1) is 0 Å². The van der Waals surface area contributed by atoms with E-state index in [2.05, 4.69) is 0 Å². The zero-order valence-corrected chi connectivity index (χ0v) is 9.84. The van der Waals surface area contributed by atoms with Gasteiger partial charge in [-0.25, -0.2) is 0 Å². The van der Waals surface area contributed by atoms with E-state index < -0.39 is 0 Å². The Hall–Kier alpha value is -2.20. The lowest BCUT2D eigenvalue weighted by molar-refractivity contribution is 0.201. The smallest absolute Gasteiger partial charge is 0.123 e. The standard InChI is InChI=1S/C14H15NO3/c15-11-3-6-14(17)13(9-11)10-1-4-12(5-2-10)18-8-7-16/h1-6,9,16-17H,7-8,15H2. The first-order valence-corrected chi connectivity index (χ1v) is 5.63. The zero-order valence-electron chi connectivity index (χ0n) is 9.84. The van der Waals surface area contributed by atoms with Gasteiger partial charge in [0.15, 0.2) is 0 Å². The van der Waals surface area contributed by atoms with Crippen LogP contribution in [0.25, 0.3) is 11.1 Å². The number of hydrogen-bond acceptors (Lipinski definition) is 4. The van der Waals surface area contributed by atoms with E-state index in [1.165, 1.54) is 0 Å². The molecule has 0 spiro atoms. The molecule has 0 heterocycles. The summed E-state index contributed by atoms with van der Waals surface area (Å²) in [6.45, 7) is 0.251. The Balaban J connectivity index is 2.25. The van der Waals surface area contributed by atoms with Crippen molar-refractivity contribution < 1.29 is 14.9 Å². The molecule has 2 aromatic carbocycles. The summed E-state index contributed by atoms with van der Waals surface area (Å²) in [5.41, 5.74) is 7.84. The van der Waals surface area contributed by atoms with Crippen LogP contribution in [0.5, 0.6) is 11.5 Å². The molecule has 4 heteroatoms. The number of nitrogen functional groups attached to an aromatic ring is 1. The zero-order chi connectivity index (χ0) is 13.0. The van der Waals surface area contributed by atoms with Crippen molar-refractivity contribution in [3.05, 3.63) is 42.5 Å². The Morgan fingerprint density at radius 1 is 1.06 bits per heavy atom. The van der Waals surface area contributed by atoms with E-state index in [1.807, 2.05) is 12.1 Å². The minimum atomic E-state index is -0.0161. The fourth-order valence-corrected chi connectivity index (χ4v) is 1.68. The van der Waals surface area contributed by atoms with Crippen molar-refractivity contribution in [2.24, 2.45) is 0 Å². The SMILES string of the molecule is Nc1ccc(O)c(-c2ccc(OCCO)cc2)c1. The highest BCUT2D eigenvalue weighted by atomic mass is 16.5. The molecule has 4 N–H and O–H groups in total. The largest absolute Gasteiger partial charge is 0.507 e. The summed E-state index contributed by atoms with van der Waals surface area (Å²) in [4.78, 5) is 0. The van der Waals surface area contributed by atoms with Gasteiger partial charge >= 0.3 is 0 Å². The summed E-state index contributed by atoms with van der Waals surface area (Å²) >= 11 is 0. The molecule has 0 atom stereocenters. The van der Waals surface area contributed by atoms with E-state index in [1.54, 1.807) is 30.3 Å². The molecule has 0 radical (unpaired) electrons. The number of aliphatic hydroxyl groups excluding tert-OH is 1. The second kappa shape index (κ2) is 5.42. The highest BCUT2D eigenvalue weighted by Gasteiger charge is 2.05. The van der Waals surface area contributed by atoms with Crippen molar-refractivity contribution in [2.45, 2.75) is 0 Å². The van der Waals surface area contributed by atoms with E-state index >= 15 is 0 Å². The van der Waals surface area contributed by atoms with Crippen molar-refractivity contribution in [1.29, 1.82) is 0 Å². The molecule has 0 aromatic heterocycles. The first-order chi connectivity index (χ1) is 8.70. The third-order valence-electron chi connectivity index (χ3n) is 2.55. The number of phenols is 1. The lowest BCUT2D eigenvalue weighted by Gasteiger charge is -2.08. The van der Waals surface area contributed by atoms with Gasteiger partial charge in [0.25, 0.3) is 0 Å². The van der Waals surface area contributed by atoms with Crippen molar-refractivity contribution in [3.63, 3.8) is 0 Å². The Morgan fingerprint density at radius 2 is 1.78 bits per heavy atom. The second-order valence-corrected chi connectivity index (χ2v) is 3.87. The van der Waals surface area contributed by atoms with Crippen molar-refractivity contribution in [2.75, 3.05) is 18.9 Å². The van der Waals surface area contributed by atoms with Crippen LogP contribution in [0, 0.1) is 0 Å². The topological polar surface area (TPSA) is 75.7 Å². The van der Waals surface area contributed by atoms with Gasteiger partial charge < -0.3 is 20.7 Å². The molecule has 0 unspecified atom stereocenters. The minimum absolute atomic E-state index is 0.0161. The number of rotatable bonds is 4. The van der Waals surface area contributed by atoms with E-state index in [0.29, 0.717) is 17.0 Å². The van der Waals surface area contributed by atoms with Gasteiger partial charge in [0.05, 0.1) is 6.61 Å². The maximum atomic E-state index is 9.78. The van der Waals surface area contributed by atoms with Crippen LogP contribution in [0.3, 0.4) is 0 Å². The molecule has 0 amide bonds. The van der Waals surface area contributed by atoms with Crippen molar-refractivity contribution >= 4 is 5.69 Å². The van der Waals surface area contributed by atoms with Crippen LogP contribution in [0.15, 0.2) is 42.5 Å². The van der Waals surface area contributed by atoms with Gasteiger partial charge in [0, 0.05) is 11.3 Å². The maximum Gasteiger partial charge on any atom is 0.123 e. The fraction of sp³-hybridized carbons (Fsp3) is 0.143. The number of ether oxygens (including phenoxy) is 1. The number of hydrogen-bond donors (Lipinski definition) is 3. The molecule has 0 fully saturated rings. The van der Waals surface area contributed by atoms with Crippen LogP contribution < -0.4 is 10.5 Å². The molecule has 18 heavy (non-hydrogen) atoms. The molecule has 0 bridgehead atoms. The van der Waals surface area contributed by atoms with Gasteiger partial charge in [-0.1, -0.05) is 12.1 Å². The van der Waals surface area contributed by atoms with Gasteiger partial charge in [-0.3, -0.25) is 0 Å². The first kappa shape index (κ1) is 12.3. The molecule has 0 aliphatic heterocycles. The van der Waals surface area contributed by atoms with Crippen LogP contribution in [0.4, 0.5) is 5.69 Å². The summed E-state index contributed by atoms with van der Waals surface area (Å²) in [5.74, 6) is 0.865. The van der Waals surface area contributed by atoms with E-state index in [9.17, 15) is 5.11 Å².